The summed E-state index contributed by atoms with van der Waals surface area (Å²) in [6, 6.07) is 15.3. The molecule has 0 radical (unpaired) electrons. The molecule has 2 aromatic carbocycles. The van der Waals surface area contributed by atoms with Gasteiger partial charge in [0.2, 0.25) is 6.79 Å². The van der Waals surface area contributed by atoms with Crippen molar-refractivity contribution in [3.8, 4) is 22.8 Å². The molecular formula is C24H27N3O3. The lowest BCUT2D eigenvalue weighted by Crippen LogP contribution is -2.30. The van der Waals surface area contributed by atoms with Gasteiger partial charge in [-0.3, -0.25) is 4.79 Å². The summed E-state index contributed by atoms with van der Waals surface area (Å²) in [6.07, 6.45) is 0.922. The maximum absolute atomic E-state index is 13.0. The van der Waals surface area contributed by atoms with E-state index in [1.54, 1.807) is 0 Å². The number of fused-ring (bicyclic) bond motifs is 2. The normalized spacial score (nSPS) is 12.5. The molecule has 156 valence electrons. The SMILES string of the molecule is CCN(CC)CCCNC(=O)c1cc(-c2ccc3c(c2)OCO3)nc2ccccc12. The standard InChI is InChI=1S/C24H27N3O3/c1-3-27(4-2)13-7-12-25-24(28)19-15-21(26-20-9-6-5-8-18(19)20)17-10-11-22-23(14-17)30-16-29-22/h5-6,8-11,14-15H,3-4,7,12-13,16H2,1-2H3,(H,25,28). The van der Waals surface area contributed by atoms with E-state index in [1.807, 2.05) is 48.5 Å². The van der Waals surface area contributed by atoms with Crippen molar-refractivity contribution in [1.82, 2.24) is 15.2 Å². The first kappa shape index (κ1) is 20.2. The van der Waals surface area contributed by atoms with Gasteiger partial charge in [-0.15, -0.1) is 0 Å². The Hall–Kier alpha value is -3.12. The van der Waals surface area contributed by atoms with Gasteiger partial charge in [-0.2, -0.15) is 0 Å². The lowest BCUT2D eigenvalue weighted by Gasteiger charge is -2.17. The van der Waals surface area contributed by atoms with Crippen molar-refractivity contribution in [2.75, 3.05) is 33.0 Å². The highest BCUT2D eigenvalue weighted by atomic mass is 16.7. The highest BCUT2D eigenvalue weighted by molar-refractivity contribution is 6.07. The number of aromatic nitrogens is 1. The molecule has 30 heavy (non-hydrogen) atoms. The van der Waals surface area contributed by atoms with Gasteiger partial charge in [-0.05, 0) is 56.4 Å². The second-order valence-electron chi connectivity index (χ2n) is 7.28. The maximum Gasteiger partial charge on any atom is 0.252 e. The van der Waals surface area contributed by atoms with E-state index in [-0.39, 0.29) is 12.7 Å². The number of carbonyl (C=O) groups is 1. The molecule has 0 aliphatic carbocycles. The second kappa shape index (κ2) is 9.13. The average molecular weight is 405 g/mol. The molecule has 0 bridgehead atoms. The van der Waals surface area contributed by atoms with Gasteiger partial charge in [-0.25, -0.2) is 4.98 Å². The molecule has 1 amide bonds. The fourth-order valence-electron chi connectivity index (χ4n) is 3.71. The minimum absolute atomic E-state index is 0.0739. The molecule has 1 aliphatic rings. The summed E-state index contributed by atoms with van der Waals surface area (Å²) < 4.78 is 10.9. The summed E-state index contributed by atoms with van der Waals surface area (Å²) in [5, 5.41) is 3.93. The van der Waals surface area contributed by atoms with Crippen LogP contribution in [0.25, 0.3) is 22.2 Å². The monoisotopic (exact) mass is 405 g/mol. The molecule has 1 aromatic heterocycles. The highest BCUT2D eigenvalue weighted by Gasteiger charge is 2.17. The second-order valence-corrected chi connectivity index (χ2v) is 7.28. The topological polar surface area (TPSA) is 63.7 Å². The number of ether oxygens (including phenoxy) is 2. The van der Waals surface area contributed by atoms with E-state index in [0.29, 0.717) is 17.9 Å². The van der Waals surface area contributed by atoms with Crippen molar-refractivity contribution in [3.05, 3.63) is 54.1 Å². The van der Waals surface area contributed by atoms with E-state index in [9.17, 15) is 4.79 Å². The van der Waals surface area contributed by atoms with Gasteiger partial charge >= 0.3 is 0 Å². The molecule has 6 nitrogen and oxygen atoms in total. The van der Waals surface area contributed by atoms with E-state index < -0.39 is 0 Å². The summed E-state index contributed by atoms with van der Waals surface area (Å²) >= 11 is 0. The number of hydrogen-bond donors (Lipinski definition) is 1. The number of hydrogen-bond acceptors (Lipinski definition) is 5. The lowest BCUT2D eigenvalue weighted by molar-refractivity contribution is 0.0953. The fourth-order valence-corrected chi connectivity index (χ4v) is 3.71. The third-order valence-corrected chi connectivity index (χ3v) is 5.46. The van der Waals surface area contributed by atoms with Crippen LogP contribution in [0.2, 0.25) is 0 Å². The molecule has 0 saturated carbocycles. The third-order valence-electron chi connectivity index (χ3n) is 5.46. The molecule has 4 rings (SSSR count). The Morgan fingerprint density at radius 1 is 1.07 bits per heavy atom. The number of carbonyl (C=O) groups excluding carboxylic acids is 1. The van der Waals surface area contributed by atoms with Crippen LogP contribution < -0.4 is 14.8 Å². The Balaban J connectivity index is 1.58. The average Bonchev–Trinajstić information content (AvgIpc) is 3.26. The quantitative estimate of drug-likeness (QED) is 0.572. The number of benzene rings is 2. The van der Waals surface area contributed by atoms with Crippen LogP contribution in [0, 0.1) is 0 Å². The number of rotatable bonds is 8. The van der Waals surface area contributed by atoms with E-state index >= 15 is 0 Å². The largest absolute Gasteiger partial charge is 0.454 e. The van der Waals surface area contributed by atoms with Crippen molar-refractivity contribution in [2.24, 2.45) is 0 Å². The van der Waals surface area contributed by atoms with Crippen molar-refractivity contribution < 1.29 is 14.3 Å². The van der Waals surface area contributed by atoms with Crippen LogP contribution in [0.4, 0.5) is 0 Å². The number of nitrogens with zero attached hydrogens (tertiary/aromatic N) is 2. The van der Waals surface area contributed by atoms with Crippen molar-refractivity contribution in [1.29, 1.82) is 0 Å². The molecule has 0 fully saturated rings. The molecule has 3 aromatic rings. The van der Waals surface area contributed by atoms with Crippen LogP contribution in [0.1, 0.15) is 30.6 Å². The van der Waals surface area contributed by atoms with Crippen LogP contribution in [-0.2, 0) is 0 Å². The predicted molar refractivity (Wildman–Crippen MR) is 118 cm³/mol. The Morgan fingerprint density at radius 2 is 1.87 bits per heavy atom. The summed E-state index contributed by atoms with van der Waals surface area (Å²) in [6.45, 7) is 8.21. The lowest BCUT2D eigenvalue weighted by atomic mass is 10.0. The van der Waals surface area contributed by atoms with Crippen molar-refractivity contribution in [2.45, 2.75) is 20.3 Å². The van der Waals surface area contributed by atoms with Gasteiger partial charge in [0.05, 0.1) is 16.8 Å². The molecule has 2 heterocycles. The highest BCUT2D eigenvalue weighted by Crippen LogP contribution is 2.36. The maximum atomic E-state index is 13.0. The van der Waals surface area contributed by atoms with Gasteiger partial charge in [0, 0.05) is 17.5 Å². The summed E-state index contributed by atoms with van der Waals surface area (Å²) in [7, 11) is 0. The first-order valence-electron chi connectivity index (χ1n) is 10.5. The van der Waals surface area contributed by atoms with Gasteiger partial charge < -0.3 is 19.7 Å². The molecular weight excluding hydrogens is 378 g/mol. The number of amides is 1. The zero-order valence-corrected chi connectivity index (χ0v) is 17.5. The number of pyridine rings is 1. The van der Waals surface area contributed by atoms with Gasteiger partial charge in [0.1, 0.15) is 0 Å². The third kappa shape index (κ3) is 4.24. The Bertz CT molecular complexity index is 1050. The number of para-hydroxylation sites is 1. The van der Waals surface area contributed by atoms with Crippen LogP contribution in [0.5, 0.6) is 11.5 Å². The van der Waals surface area contributed by atoms with E-state index in [2.05, 4.69) is 24.1 Å². The minimum atomic E-state index is -0.0739. The zero-order valence-electron chi connectivity index (χ0n) is 17.5. The molecule has 1 N–H and O–H groups in total. The van der Waals surface area contributed by atoms with Gasteiger partial charge in [-0.1, -0.05) is 32.0 Å². The summed E-state index contributed by atoms with van der Waals surface area (Å²) in [5.41, 5.74) is 3.05. The molecule has 6 heteroatoms. The molecule has 0 unspecified atom stereocenters. The van der Waals surface area contributed by atoms with Crippen LogP contribution in [0.15, 0.2) is 48.5 Å². The number of nitrogens with one attached hydrogen (secondary N) is 1. The van der Waals surface area contributed by atoms with Crippen molar-refractivity contribution >= 4 is 16.8 Å². The summed E-state index contributed by atoms with van der Waals surface area (Å²) in [5.74, 6) is 1.35. The Labute approximate surface area is 176 Å². The first-order chi connectivity index (χ1) is 14.7. The Morgan fingerprint density at radius 3 is 2.70 bits per heavy atom. The summed E-state index contributed by atoms with van der Waals surface area (Å²) in [4.78, 5) is 20.1. The molecule has 0 saturated heterocycles. The van der Waals surface area contributed by atoms with E-state index in [4.69, 9.17) is 14.5 Å². The minimum Gasteiger partial charge on any atom is -0.454 e. The van der Waals surface area contributed by atoms with Crippen molar-refractivity contribution in [3.63, 3.8) is 0 Å². The first-order valence-corrected chi connectivity index (χ1v) is 10.5. The van der Waals surface area contributed by atoms with E-state index in [0.717, 1.165) is 54.0 Å². The van der Waals surface area contributed by atoms with Crippen LogP contribution in [0.3, 0.4) is 0 Å². The van der Waals surface area contributed by atoms with Crippen LogP contribution in [-0.4, -0.2) is 48.8 Å². The molecule has 0 spiro atoms. The van der Waals surface area contributed by atoms with Crippen LogP contribution >= 0.6 is 0 Å². The molecule has 1 aliphatic heterocycles. The smallest absolute Gasteiger partial charge is 0.252 e. The Kier molecular flexibility index (Phi) is 6.14. The fraction of sp³-hybridized carbons (Fsp3) is 0.333. The van der Waals surface area contributed by atoms with Gasteiger partial charge in [0.15, 0.2) is 11.5 Å². The van der Waals surface area contributed by atoms with E-state index in [1.165, 1.54) is 0 Å². The molecule has 0 atom stereocenters. The van der Waals surface area contributed by atoms with Gasteiger partial charge in [0.25, 0.3) is 5.91 Å². The predicted octanol–water partition coefficient (Wildman–Crippen LogP) is 4.09. The zero-order chi connectivity index (χ0) is 20.9.